The van der Waals surface area contributed by atoms with E-state index < -0.39 is 0 Å². The minimum Gasteiger partial charge on any atom is -0.489 e. The predicted octanol–water partition coefficient (Wildman–Crippen LogP) is 6.55. The molecule has 0 fully saturated rings. The number of esters is 1. The summed E-state index contributed by atoms with van der Waals surface area (Å²) in [6.45, 7) is 0.478. The van der Waals surface area contributed by atoms with Gasteiger partial charge in [0.15, 0.2) is 0 Å². The molecule has 5 rings (SSSR count). The molecule has 0 radical (unpaired) electrons. The Morgan fingerprint density at radius 2 is 1.63 bits per heavy atom. The molecule has 4 aromatic rings. The zero-order chi connectivity index (χ0) is 20.5. The van der Waals surface area contributed by atoms with Crippen LogP contribution in [0.2, 0.25) is 0 Å². The van der Waals surface area contributed by atoms with Gasteiger partial charge in [-0.15, -0.1) is 11.3 Å². The molecule has 0 aliphatic carbocycles. The summed E-state index contributed by atoms with van der Waals surface area (Å²) in [7, 11) is 1.40. The van der Waals surface area contributed by atoms with Gasteiger partial charge < -0.3 is 14.2 Å². The molecule has 0 atom stereocenters. The summed E-state index contributed by atoms with van der Waals surface area (Å²) >= 11 is 1.40. The summed E-state index contributed by atoms with van der Waals surface area (Å²) in [4.78, 5) is 13.7. The van der Waals surface area contributed by atoms with Crippen molar-refractivity contribution in [3.8, 4) is 38.8 Å². The van der Waals surface area contributed by atoms with E-state index in [2.05, 4.69) is 0 Å². The van der Waals surface area contributed by atoms with Gasteiger partial charge in [-0.25, -0.2) is 4.79 Å². The van der Waals surface area contributed by atoms with E-state index in [-0.39, 0.29) is 5.97 Å². The van der Waals surface area contributed by atoms with Crippen LogP contribution in [-0.4, -0.2) is 13.1 Å². The van der Waals surface area contributed by atoms with E-state index in [1.54, 1.807) is 0 Å². The standard InChI is InChI=1S/C25H18O4S/c1-27-25(26)23-14-19-18-9-5-6-10-21(18)29-22-12-11-17(13-20(22)24(19)30-23)28-15-16-7-3-2-4-8-16/h2-14H,15H2,1H3. The minimum absolute atomic E-state index is 0.343. The molecule has 0 amide bonds. The van der Waals surface area contributed by atoms with Crippen LogP contribution in [0.5, 0.6) is 17.2 Å². The molecular formula is C25H18O4S. The number of hydrogen-bond acceptors (Lipinski definition) is 5. The Morgan fingerprint density at radius 3 is 2.47 bits per heavy atom. The van der Waals surface area contributed by atoms with Crippen molar-refractivity contribution in [1.29, 1.82) is 0 Å². The van der Waals surface area contributed by atoms with Gasteiger partial charge >= 0.3 is 5.97 Å². The highest BCUT2D eigenvalue weighted by Gasteiger charge is 2.25. The number of para-hydroxylation sites is 1. The fraction of sp³-hybridized carbons (Fsp3) is 0.0800. The Kier molecular flexibility index (Phi) is 4.73. The topological polar surface area (TPSA) is 44.8 Å². The molecule has 30 heavy (non-hydrogen) atoms. The molecule has 0 saturated heterocycles. The lowest BCUT2D eigenvalue weighted by Gasteiger charge is -2.12. The van der Waals surface area contributed by atoms with Crippen LogP contribution in [0.4, 0.5) is 0 Å². The maximum Gasteiger partial charge on any atom is 0.348 e. The summed E-state index contributed by atoms with van der Waals surface area (Å²) in [5, 5.41) is 0. The second kappa shape index (κ2) is 7.69. The van der Waals surface area contributed by atoms with Gasteiger partial charge in [-0.1, -0.05) is 48.5 Å². The first-order chi connectivity index (χ1) is 14.7. The van der Waals surface area contributed by atoms with Gasteiger partial charge in [0.2, 0.25) is 0 Å². The number of carbonyl (C=O) groups excluding carboxylic acids is 1. The number of carbonyl (C=O) groups is 1. The van der Waals surface area contributed by atoms with Crippen LogP contribution < -0.4 is 9.47 Å². The maximum atomic E-state index is 12.2. The van der Waals surface area contributed by atoms with Crippen molar-refractivity contribution < 1.29 is 19.0 Å². The molecule has 1 aliphatic heterocycles. The van der Waals surface area contributed by atoms with Crippen molar-refractivity contribution in [2.45, 2.75) is 6.61 Å². The van der Waals surface area contributed by atoms with Crippen molar-refractivity contribution in [3.05, 3.63) is 89.3 Å². The lowest BCUT2D eigenvalue weighted by molar-refractivity contribution is 0.0606. The Balaban J connectivity index is 1.59. The number of benzene rings is 3. The van der Waals surface area contributed by atoms with Crippen molar-refractivity contribution >= 4 is 17.3 Å². The zero-order valence-electron chi connectivity index (χ0n) is 16.3. The molecule has 148 valence electrons. The molecule has 0 N–H and O–H groups in total. The highest BCUT2D eigenvalue weighted by atomic mass is 32.1. The molecule has 1 aliphatic rings. The number of hydrogen-bond donors (Lipinski definition) is 0. The largest absolute Gasteiger partial charge is 0.489 e. The normalized spacial score (nSPS) is 11.4. The molecule has 0 bridgehead atoms. The van der Waals surface area contributed by atoms with E-state index in [4.69, 9.17) is 14.2 Å². The number of thiophene rings is 1. The fourth-order valence-electron chi connectivity index (χ4n) is 3.50. The molecular weight excluding hydrogens is 396 g/mol. The van der Waals surface area contributed by atoms with Crippen LogP contribution in [0.25, 0.3) is 21.6 Å². The first-order valence-electron chi connectivity index (χ1n) is 9.53. The number of methoxy groups -OCH3 is 1. The van der Waals surface area contributed by atoms with Gasteiger partial charge in [0.1, 0.15) is 28.7 Å². The van der Waals surface area contributed by atoms with E-state index in [0.717, 1.165) is 44.4 Å². The van der Waals surface area contributed by atoms with Gasteiger partial charge in [0.25, 0.3) is 0 Å². The van der Waals surface area contributed by atoms with Gasteiger partial charge in [-0.3, -0.25) is 0 Å². The molecule has 1 aromatic heterocycles. The van der Waals surface area contributed by atoms with E-state index in [1.807, 2.05) is 78.9 Å². The first kappa shape index (κ1) is 18.5. The Bertz CT molecular complexity index is 1230. The predicted molar refractivity (Wildman–Crippen MR) is 117 cm³/mol. The maximum absolute atomic E-state index is 12.2. The van der Waals surface area contributed by atoms with Crippen LogP contribution in [0.1, 0.15) is 15.2 Å². The van der Waals surface area contributed by atoms with Crippen LogP contribution in [0, 0.1) is 0 Å². The van der Waals surface area contributed by atoms with Crippen molar-refractivity contribution in [3.63, 3.8) is 0 Å². The van der Waals surface area contributed by atoms with Crippen LogP contribution in [-0.2, 0) is 11.3 Å². The molecule has 0 saturated carbocycles. The highest BCUT2D eigenvalue weighted by Crippen LogP contribution is 2.51. The van der Waals surface area contributed by atoms with Crippen LogP contribution in [0.3, 0.4) is 0 Å². The summed E-state index contributed by atoms with van der Waals surface area (Å²) in [5.74, 6) is 1.88. The Labute approximate surface area is 178 Å². The van der Waals surface area contributed by atoms with Crippen LogP contribution in [0.15, 0.2) is 78.9 Å². The van der Waals surface area contributed by atoms with Crippen molar-refractivity contribution in [2.75, 3.05) is 7.11 Å². The van der Waals surface area contributed by atoms with Gasteiger partial charge in [0, 0.05) is 21.6 Å². The van der Waals surface area contributed by atoms with E-state index in [1.165, 1.54) is 18.4 Å². The van der Waals surface area contributed by atoms with Gasteiger partial charge in [-0.2, -0.15) is 0 Å². The first-order valence-corrected chi connectivity index (χ1v) is 10.3. The molecule has 0 spiro atoms. The molecule has 2 heterocycles. The summed E-state index contributed by atoms with van der Waals surface area (Å²) in [6, 6.07) is 25.5. The van der Waals surface area contributed by atoms with E-state index in [0.29, 0.717) is 11.5 Å². The van der Waals surface area contributed by atoms with Gasteiger partial charge in [0.05, 0.1) is 7.11 Å². The van der Waals surface area contributed by atoms with Gasteiger partial charge in [-0.05, 0) is 35.9 Å². The quantitative estimate of drug-likeness (QED) is 0.313. The number of ether oxygens (including phenoxy) is 3. The Morgan fingerprint density at radius 1 is 0.867 bits per heavy atom. The monoisotopic (exact) mass is 414 g/mol. The second-order valence-corrected chi connectivity index (χ2v) is 7.93. The summed E-state index contributed by atoms with van der Waals surface area (Å²) in [6.07, 6.45) is 0. The van der Waals surface area contributed by atoms with E-state index in [9.17, 15) is 4.79 Å². The molecule has 4 nitrogen and oxygen atoms in total. The summed E-state index contributed by atoms with van der Waals surface area (Å²) < 4.78 is 17.2. The minimum atomic E-state index is -0.343. The number of rotatable bonds is 4. The molecule has 0 unspecified atom stereocenters. The van der Waals surface area contributed by atoms with Crippen molar-refractivity contribution in [2.24, 2.45) is 0 Å². The average molecular weight is 414 g/mol. The third kappa shape index (κ3) is 3.33. The third-order valence-corrected chi connectivity index (χ3v) is 6.11. The third-order valence-electron chi connectivity index (χ3n) is 4.96. The fourth-order valence-corrected chi connectivity index (χ4v) is 4.61. The molecule has 3 aromatic carbocycles. The summed E-state index contributed by atoms with van der Waals surface area (Å²) in [5.41, 5.74) is 3.89. The second-order valence-electron chi connectivity index (χ2n) is 6.88. The lowest BCUT2D eigenvalue weighted by atomic mass is 10.0. The lowest BCUT2D eigenvalue weighted by Crippen LogP contribution is -1.97. The SMILES string of the molecule is COC(=O)c1cc2c(s1)-c1cc(OCc3ccccc3)ccc1Oc1ccccc1-2. The zero-order valence-corrected chi connectivity index (χ0v) is 17.1. The Hall–Kier alpha value is -3.57. The van der Waals surface area contributed by atoms with E-state index >= 15 is 0 Å². The smallest absolute Gasteiger partial charge is 0.348 e. The number of fused-ring (bicyclic) bond motifs is 5. The highest BCUT2D eigenvalue weighted by molar-refractivity contribution is 7.18. The van der Waals surface area contributed by atoms with Crippen LogP contribution >= 0.6 is 11.3 Å². The average Bonchev–Trinajstić information content (AvgIpc) is 3.19. The molecule has 5 heteroatoms. The van der Waals surface area contributed by atoms with Crippen molar-refractivity contribution in [1.82, 2.24) is 0 Å².